The number of para-hydroxylation sites is 3. The zero-order valence-corrected chi connectivity index (χ0v) is 17.7. The van der Waals surface area contributed by atoms with Gasteiger partial charge >= 0.3 is 0 Å². The predicted molar refractivity (Wildman–Crippen MR) is 119 cm³/mol. The Balaban J connectivity index is 1.50. The van der Waals surface area contributed by atoms with E-state index in [1.165, 1.54) is 6.92 Å². The summed E-state index contributed by atoms with van der Waals surface area (Å²) in [5, 5.41) is 2.84. The largest absolute Gasteiger partial charge is 0.477 e. The fourth-order valence-electron chi connectivity index (χ4n) is 4.17. The van der Waals surface area contributed by atoms with Crippen LogP contribution in [0.1, 0.15) is 36.5 Å². The Morgan fingerprint density at radius 2 is 1.71 bits per heavy atom. The first-order valence-corrected chi connectivity index (χ1v) is 10.7. The summed E-state index contributed by atoms with van der Waals surface area (Å²) >= 11 is 0. The van der Waals surface area contributed by atoms with Crippen LogP contribution in [0.5, 0.6) is 5.75 Å². The van der Waals surface area contributed by atoms with Crippen molar-refractivity contribution in [1.82, 2.24) is 4.90 Å². The lowest BCUT2D eigenvalue weighted by atomic mass is 10.1. The molecule has 1 atom stereocenters. The molecule has 0 bridgehead atoms. The summed E-state index contributed by atoms with van der Waals surface area (Å²) in [5.74, 6) is 0.206. The Hall–Kier alpha value is -3.35. The molecule has 2 aromatic rings. The molecule has 0 saturated carbocycles. The molecule has 0 aliphatic carbocycles. The number of nitrogens with one attached hydrogen (secondary N) is 1. The quantitative estimate of drug-likeness (QED) is 0.751. The third-order valence-corrected chi connectivity index (χ3v) is 5.72. The van der Waals surface area contributed by atoms with Crippen molar-refractivity contribution in [3.05, 3.63) is 54.1 Å². The molecule has 2 aliphatic rings. The fraction of sp³-hybridized carbons (Fsp3) is 0.375. The minimum Gasteiger partial charge on any atom is -0.477 e. The van der Waals surface area contributed by atoms with Gasteiger partial charge in [0.1, 0.15) is 5.75 Å². The second kappa shape index (κ2) is 9.20. The zero-order chi connectivity index (χ0) is 21.8. The summed E-state index contributed by atoms with van der Waals surface area (Å²) in [6.07, 6.45) is 2.52. The molecule has 1 N–H and O–H groups in total. The number of hydrogen-bond acceptors (Lipinski definition) is 5. The van der Waals surface area contributed by atoms with Crippen molar-refractivity contribution in [3.8, 4) is 5.75 Å². The second-order valence-corrected chi connectivity index (χ2v) is 7.99. The van der Waals surface area contributed by atoms with E-state index in [4.69, 9.17) is 4.74 Å². The summed E-state index contributed by atoms with van der Waals surface area (Å²) in [7, 11) is 0. The van der Waals surface area contributed by atoms with Crippen LogP contribution in [0.3, 0.4) is 0 Å². The predicted octanol–water partition coefficient (Wildman–Crippen LogP) is 3.11. The molecule has 2 aromatic carbocycles. The summed E-state index contributed by atoms with van der Waals surface area (Å²) in [6.45, 7) is 3.33. The van der Waals surface area contributed by atoms with Crippen molar-refractivity contribution >= 4 is 29.0 Å². The van der Waals surface area contributed by atoms with Crippen LogP contribution >= 0.6 is 0 Å². The number of piperidine rings is 1. The van der Waals surface area contributed by atoms with Gasteiger partial charge in [-0.15, -0.1) is 0 Å². The van der Waals surface area contributed by atoms with Crippen LogP contribution in [0, 0.1) is 0 Å². The van der Waals surface area contributed by atoms with E-state index in [1.807, 2.05) is 34.1 Å². The van der Waals surface area contributed by atoms with Crippen molar-refractivity contribution in [2.45, 2.75) is 32.3 Å². The highest BCUT2D eigenvalue weighted by Gasteiger charge is 2.34. The van der Waals surface area contributed by atoms with Crippen LogP contribution in [0.25, 0.3) is 0 Å². The molecule has 1 fully saturated rings. The number of amides is 2. The lowest BCUT2D eigenvalue weighted by molar-refractivity contribution is -0.139. The standard InChI is InChI=1S/C24H27N3O4/c1-17(28)18-9-3-4-10-19(18)25-23(29)16-27-15-22(24(30)26-13-7-2-8-14-26)31-21-12-6-5-11-20(21)27/h3-6,9-12,22H,2,7-8,13-16H2,1H3,(H,25,29)/t22-/m1/s1. The molecular formula is C24H27N3O4. The molecule has 162 valence electrons. The van der Waals surface area contributed by atoms with Crippen molar-refractivity contribution < 1.29 is 19.1 Å². The lowest BCUT2D eigenvalue weighted by Crippen LogP contribution is -2.52. The number of likely N-dealkylation sites (tertiary alicyclic amines) is 1. The average molecular weight is 421 g/mol. The van der Waals surface area contributed by atoms with E-state index in [0.717, 1.165) is 38.0 Å². The number of hydrogen-bond donors (Lipinski definition) is 1. The first-order valence-electron chi connectivity index (χ1n) is 10.7. The number of anilines is 2. The molecule has 0 spiro atoms. The summed E-state index contributed by atoms with van der Waals surface area (Å²) in [5.41, 5.74) is 1.74. The molecule has 4 rings (SSSR count). The second-order valence-electron chi connectivity index (χ2n) is 7.99. The minimum atomic E-state index is -0.648. The number of rotatable bonds is 5. The van der Waals surface area contributed by atoms with E-state index in [-0.39, 0.29) is 24.1 Å². The van der Waals surface area contributed by atoms with E-state index in [2.05, 4.69) is 5.32 Å². The van der Waals surface area contributed by atoms with Crippen LogP contribution in [-0.2, 0) is 9.59 Å². The highest BCUT2D eigenvalue weighted by molar-refractivity contribution is 6.04. The summed E-state index contributed by atoms with van der Waals surface area (Å²) in [4.78, 5) is 41.5. The van der Waals surface area contributed by atoms with E-state index in [9.17, 15) is 14.4 Å². The molecule has 0 aromatic heterocycles. The SMILES string of the molecule is CC(=O)c1ccccc1NC(=O)CN1C[C@H](C(=O)N2CCCCC2)Oc2ccccc21. The molecule has 2 aliphatic heterocycles. The number of fused-ring (bicyclic) bond motifs is 1. The Bertz CT molecular complexity index is 984. The number of carbonyl (C=O) groups excluding carboxylic acids is 3. The van der Waals surface area contributed by atoms with E-state index in [0.29, 0.717) is 23.5 Å². The van der Waals surface area contributed by atoms with Crippen LogP contribution < -0.4 is 15.0 Å². The Labute approximate surface area is 182 Å². The number of Topliss-reactive ketones (excluding diaryl/α,β-unsaturated/α-hetero) is 1. The van der Waals surface area contributed by atoms with Crippen molar-refractivity contribution in [3.63, 3.8) is 0 Å². The molecule has 2 amide bonds. The van der Waals surface area contributed by atoms with Gasteiger partial charge in [0.15, 0.2) is 11.9 Å². The normalized spacial score (nSPS) is 18.0. The van der Waals surface area contributed by atoms with Gasteiger partial charge in [0.25, 0.3) is 5.91 Å². The maximum Gasteiger partial charge on any atom is 0.265 e. The fourth-order valence-corrected chi connectivity index (χ4v) is 4.17. The van der Waals surface area contributed by atoms with Crippen LogP contribution in [0.2, 0.25) is 0 Å². The van der Waals surface area contributed by atoms with Gasteiger partial charge in [0, 0.05) is 18.7 Å². The Morgan fingerprint density at radius 1 is 1.00 bits per heavy atom. The topological polar surface area (TPSA) is 79.0 Å². The van der Waals surface area contributed by atoms with E-state index < -0.39 is 6.10 Å². The maximum absolute atomic E-state index is 13.0. The van der Waals surface area contributed by atoms with Crippen LogP contribution in [0.4, 0.5) is 11.4 Å². The third kappa shape index (κ3) is 4.71. The third-order valence-electron chi connectivity index (χ3n) is 5.72. The highest BCUT2D eigenvalue weighted by Crippen LogP contribution is 2.33. The first kappa shape index (κ1) is 20.9. The minimum absolute atomic E-state index is 0.0264. The van der Waals surface area contributed by atoms with Gasteiger partial charge in [-0.3, -0.25) is 14.4 Å². The molecule has 1 saturated heterocycles. The van der Waals surface area contributed by atoms with Crippen molar-refractivity contribution in [2.24, 2.45) is 0 Å². The number of carbonyl (C=O) groups is 3. The van der Waals surface area contributed by atoms with E-state index in [1.54, 1.807) is 24.3 Å². The first-order chi connectivity index (χ1) is 15.0. The number of nitrogens with zero attached hydrogens (tertiary/aromatic N) is 2. The molecule has 7 heteroatoms. The maximum atomic E-state index is 13.0. The molecule has 2 heterocycles. The van der Waals surface area contributed by atoms with Crippen LogP contribution in [-0.4, -0.2) is 54.8 Å². The van der Waals surface area contributed by atoms with Crippen molar-refractivity contribution in [2.75, 3.05) is 36.4 Å². The zero-order valence-electron chi connectivity index (χ0n) is 17.7. The van der Waals surface area contributed by atoms with E-state index >= 15 is 0 Å². The van der Waals surface area contributed by atoms with Gasteiger partial charge in [-0.05, 0) is 50.5 Å². The monoisotopic (exact) mass is 421 g/mol. The lowest BCUT2D eigenvalue weighted by Gasteiger charge is -2.38. The summed E-state index contributed by atoms with van der Waals surface area (Å²) in [6, 6.07) is 14.4. The van der Waals surface area contributed by atoms with Crippen LogP contribution in [0.15, 0.2) is 48.5 Å². The van der Waals surface area contributed by atoms with Gasteiger partial charge in [-0.2, -0.15) is 0 Å². The molecule has 0 unspecified atom stereocenters. The molecule has 7 nitrogen and oxygen atoms in total. The van der Waals surface area contributed by atoms with Gasteiger partial charge in [-0.1, -0.05) is 24.3 Å². The Kier molecular flexibility index (Phi) is 6.21. The molecular weight excluding hydrogens is 394 g/mol. The highest BCUT2D eigenvalue weighted by atomic mass is 16.5. The number of ether oxygens (including phenoxy) is 1. The molecule has 0 radical (unpaired) electrons. The van der Waals surface area contributed by atoms with Gasteiger partial charge in [0.2, 0.25) is 5.91 Å². The van der Waals surface area contributed by atoms with Gasteiger partial charge in [0.05, 0.1) is 24.5 Å². The van der Waals surface area contributed by atoms with Crippen molar-refractivity contribution in [1.29, 1.82) is 0 Å². The molecule has 31 heavy (non-hydrogen) atoms. The summed E-state index contributed by atoms with van der Waals surface area (Å²) < 4.78 is 6.02. The van der Waals surface area contributed by atoms with Gasteiger partial charge < -0.3 is 19.9 Å². The smallest absolute Gasteiger partial charge is 0.265 e. The Morgan fingerprint density at radius 3 is 2.48 bits per heavy atom. The number of benzene rings is 2. The average Bonchev–Trinajstić information content (AvgIpc) is 2.79. The number of ketones is 1. The van der Waals surface area contributed by atoms with Gasteiger partial charge in [-0.25, -0.2) is 0 Å².